The van der Waals surface area contributed by atoms with Crippen molar-refractivity contribution in [2.24, 2.45) is 5.92 Å². The Kier molecular flexibility index (Phi) is 9.37. The van der Waals surface area contributed by atoms with E-state index >= 15 is 0 Å². The van der Waals surface area contributed by atoms with Crippen LogP contribution in [-0.4, -0.2) is 88.7 Å². The fourth-order valence-electron chi connectivity index (χ4n) is 6.33. The standard InChI is InChI=1S/C28H40F3N5O4S/c1-6-35(17(2)3)20-7-10-25(19(13-20)15-41(38,39)18(4)5)36-12-11-24(27(36)37)34-26-22-14-21(40-28(29,30)31)8-9-23(22)32-16-33-26/h8-9,14,16-20,24-25H,6-7,10-13,15H2,1-5H3,(H,32,33,34)/t19-,20+,24?,25-/m0/s1. The smallest absolute Gasteiger partial charge is 0.406 e. The third kappa shape index (κ3) is 7.22. The number of carbonyl (C=O) groups excluding carboxylic acids is 1. The highest BCUT2D eigenvalue weighted by Crippen LogP contribution is 2.36. The van der Waals surface area contributed by atoms with E-state index in [1.54, 1.807) is 13.8 Å². The van der Waals surface area contributed by atoms with Crippen LogP contribution < -0.4 is 10.1 Å². The molecule has 9 nitrogen and oxygen atoms in total. The van der Waals surface area contributed by atoms with E-state index in [1.165, 1.54) is 24.5 Å². The van der Waals surface area contributed by atoms with Gasteiger partial charge in [0, 0.05) is 30.1 Å². The third-order valence-corrected chi connectivity index (χ3v) is 10.7. The number of hydrogen-bond donors (Lipinski definition) is 1. The molecule has 13 heteroatoms. The number of anilines is 1. The largest absolute Gasteiger partial charge is 0.573 e. The van der Waals surface area contributed by atoms with Gasteiger partial charge in [0.05, 0.1) is 16.5 Å². The summed E-state index contributed by atoms with van der Waals surface area (Å²) in [5, 5.41) is 2.92. The fraction of sp³-hybridized carbons (Fsp3) is 0.679. The molecule has 0 bridgehead atoms. The number of halogens is 3. The normalized spacial score (nSPS) is 24.2. The molecule has 1 aliphatic heterocycles. The van der Waals surface area contributed by atoms with Crippen molar-refractivity contribution < 1.29 is 31.1 Å². The van der Waals surface area contributed by atoms with Gasteiger partial charge in [-0.25, -0.2) is 18.4 Å². The van der Waals surface area contributed by atoms with Crippen molar-refractivity contribution in [3.8, 4) is 5.75 Å². The second-order valence-electron chi connectivity index (χ2n) is 11.6. The minimum atomic E-state index is -4.85. The Balaban J connectivity index is 1.55. The fourth-order valence-corrected chi connectivity index (χ4v) is 7.67. The molecule has 1 amide bonds. The topological polar surface area (TPSA) is 105 Å². The molecule has 1 aromatic carbocycles. The molecule has 1 saturated heterocycles. The van der Waals surface area contributed by atoms with E-state index < -0.39 is 33.2 Å². The van der Waals surface area contributed by atoms with Gasteiger partial charge in [-0.15, -0.1) is 13.2 Å². The molecule has 1 unspecified atom stereocenters. The van der Waals surface area contributed by atoms with Crippen molar-refractivity contribution in [1.29, 1.82) is 0 Å². The Morgan fingerprint density at radius 2 is 1.88 bits per heavy atom. The second-order valence-corrected chi connectivity index (χ2v) is 14.2. The molecule has 4 atom stereocenters. The quantitative estimate of drug-likeness (QED) is 0.422. The number of ether oxygens (including phenoxy) is 1. The van der Waals surface area contributed by atoms with E-state index in [2.05, 4.69) is 45.7 Å². The summed E-state index contributed by atoms with van der Waals surface area (Å²) in [4.78, 5) is 26.2. The summed E-state index contributed by atoms with van der Waals surface area (Å²) in [6, 6.07) is 3.50. The van der Waals surface area contributed by atoms with E-state index in [4.69, 9.17) is 0 Å². The van der Waals surface area contributed by atoms with Crippen LogP contribution >= 0.6 is 0 Å². The Bertz CT molecular complexity index is 1340. The lowest BCUT2D eigenvalue weighted by Gasteiger charge is -2.45. The molecule has 1 aromatic heterocycles. The maximum absolute atomic E-state index is 13.7. The average Bonchev–Trinajstić information content (AvgIpc) is 3.23. The molecule has 1 saturated carbocycles. The number of carbonyl (C=O) groups is 1. The summed E-state index contributed by atoms with van der Waals surface area (Å²) < 4.78 is 68.5. The van der Waals surface area contributed by atoms with E-state index in [1.807, 2.05) is 4.90 Å². The summed E-state index contributed by atoms with van der Waals surface area (Å²) in [5.41, 5.74) is 0.405. The molecule has 2 heterocycles. The first-order valence-electron chi connectivity index (χ1n) is 14.2. The number of nitrogens with zero attached hydrogens (tertiary/aromatic N) is 4. The van der Waals surface area contributed by atoms with Gasteiger partial charge in [0.1, 0.15) is 23.9 Å². The summed E-state index contributed by atoms with van der Waals surface area (Å²) in [6.45, 7) is 11.1. The third-order valence-electron chi connectivity index (χ3n) is 8.37. The van der Waals surface area contributed by atoms with E-state index in [0.29, 0.717) is 42.8 Å². The van der Waals surface area contributed by atoms with Gasteiger partial charge in [0.25, 0.3) is 0 Å². The van der Waals surface area contributed by atoms with E-state index in [9.17, 15) is 26.4 Å². The molecule has 41 heavy (non-hydrogen) atoms. The van der Waals surface area contributed by atoms with Gasteiger partial charge in [-0.1, -0.05) is 6.92 Å². The minimum Gasteiger partial charge on any atom is -0.406 e. The first-order valence-corrected chi connectivity index (χ1v) is 16.0. The van der Waals surface area contributed by atoms with Crippen LogP contribution in [0.2, 0.25) is 0 Å². The first kappa shape index (κ1) is 31.3. The maximum atomic E-state index is 13.7. The highest BCUT2D eigenvalue weighted by Gasteiger charge is 2.44. The van der Waals surface area contributed by atoms with E-state index in [-0.39, 0.29) is 35.5 Å². The van der Waals surface area contributed by atoms with Crippen molar-refractivity contribution in [2.75, 3.05) is 24.2 Å². The van der Waals surface area contributed by atoms with Gasteiger partial charge in [-0.2, -0.15) is 0 Å². The van der Waals surface area contributed by atoms with Crippen LogP contribution in [-0.2, 0) is 14.6 Å². The van der Waals surface area contributed by atoms with Crippen LogP contribution in [0.5, 0.6) is 5.75 Å². The summed E-state index contributed by atoms with van der Waals surface area (Å²) >= 11 is 0. The van der Waals surface area contributed by atoms with Gasteiger partial charge in [0.2, 0.25) is 5.91 Å². The van der Waals surface area contributed by atoms with Gasteiger partial charge >= 0.3 is 6.36 Å². The Labute approximate surface area is 239 Å². The molecule has 1 aliphatic carbocycles. The number of sulfone groups is 1. The highest BCUT2D eigenvalue weighted by atomic mass is 32.2. The lowest BCUT2D eigenvalue weighted by molar-refractivity contribution is -0.274. The monoisotopic (exact) mass is 599 g/mol. The molecule has 2 fully saturated rings. The Morgan fingerprint density at radius 3 is 2.51 bits per heavy atom. The lowest BCUT2D eigenvalue weighted by Crippen LogP contribution is -2.53. The zero-order valence-corrected chi connectivity index (χ0v) is 25.0. The molecule has 1 N–H and O–H groups in total. The van der Waals surface area contributed by atoms with Crippen molar-refractivity contribution in [1.82, 2.24) is 19.8 Å². The average molecular weight is 600 g/mol. The summed E-state index contributed by atoms with van der Waals surface area (Å²) in [7, 11) is -3.34. The Morgan fingerprint density at radius 1 is 1.15 bits per heavy atom. The number of amides is 1. The Hall–Kier alpha value is -2.67. The molecule has 4 rings (SSSR count). The number of nitrogens with one attached hydrogen (secondary N) is 1. The number of rotatable bonds is 10. The van der Waals surface area contributed by atoms with Crippen LogP contribution in [0.1, 0.15) is 60.3 Å². The maximum Gasteiger partial charge on any atom is 0.573 e. The predicted octanol–water partition coefficient (Wildman–Crippen LogP) is 4.63. The number of alkyl halides is 3. The van der Waals surface area contributed by atoms with E-state index in [0.717, 1.165) is 13.0 Å². The zero-order valence-electron chi connectivity index (χ0n) is 24.2. The molecule has 228 valence electrons. The zero-order chi connectivity index (χ0) is 30.1. The number of benzene rings is 1. The van der Waals surface area contributed by atoms with Gasteiger partial charge in [0.15, 0.2) is 9.84 Å². The van der Waals surface area contributed by atoms with Crippen molar-refractivity contribution in [3.63, 3.8) is 0 Å². The van der Waals surface area contributed by atoms with Crippen LogP contribution in [0.4, 0.5) is 19.0 Å². The SMILES string of the molecule is CCN(C(C)C)[C@@H]1CC[C@H](N2CCC(Nc3ncnc4ccc(OC(F)(F)F)cc34)C2=O)[C@H](CS(=O)(=O)C(C)C)C1. The van der Waals surface area contributed by atoms with Crippen LogP contribution in [0.15, 0.2) is 24.5 Å². The van der Waals surface area contributed by atoms with Crippen LogP contribution in [0, 0.1) is 5.92 Å². The molecular formula is C28H40F3N5O4S. The van der Waals surface area contributed by atoms with Crippen molar-refractivity contribution in [2.45, 2.75) is 96.1 Å². The van der Waals surface area contributed by atoms with Gasteiger partial charge in [-0.05, 0) is 84.0 Å². The van der Waals surface area contributed by atoms with Crippen molar-refractivity contribution >= 4 is 32.5 Å². The van der Waals surface area contributed by atoms with Crippen LogP contribution in [0.25, 0.3) is 10.9 Å². The minimum absolute atomic E-state index is 0.0297. The van der Waals surface area contributed by atoms with Gasteiger partial charge < -0.3 is 15.0 Å². The van der Waals surface area contributed by atoms with Crippen LogP contribution in [0.3, 0.4) is 0 Å². The second kappa shape index (κ2) is 12.3. The molecule has 0 spiro atoms. The molecule has 2 aromatic rings. The first-order chi connectivity index (χ1) is 19.2. The lowest BCUT2D eigenvalue weighted by atomic mass is 9.80. The molecule has 2 aliphatic rings. The molecular weight excluding hydrogens is 559 g/mol. The number of fused-ring (bicyclic) bond motifs is 1. The molecule has 0 radical (unpaired) electrons. The number of aromatic nitrogens is 2. The summed E-state index contributed by atoms with van der Waals surface area (Å²) in [6.07, 6.45) is -0.827. The summed E-state index contributed by atoms with van der Waals surface area (Å²) in [5.74, 6) is -0.497. The highest BCUT2D eigenvalue weighted by molar-refractivity contribution is 7.91. The predicted molar refractivity (Wildman–Crippen MR) is 151 cm³/mol. The van der Waals surface area contributed by atoms with Crippen molar-refractivity contribution in [3.05, 3.63) is 24.5 Å². The number of hydrogen-bond acceptors (Lipinski definition) is 8. The number of likely N-dealkylation sites (tertiary alicyclic amines) is 1. The van der Waals surface area contributed by atoms with Gasteiger partial charge in [-0.3, -0.25) is 9.69 Å².